The first-order chi connectivity index (χ1) is 38.7. The molecule has 81 heavy (non-hydrogen) atoms. The number of hydrogen-bond donors (Lipinski definition) is 5. The zero-order chi connectivity index (χ0) is 58.1. The Kier molecular flexibility index (Phi) is 19.8. The van der Waals surface area contributed by atoms with Gasteiger partial charge in [-0.15, -0.1) is 11.3 Å². The summed E-state index contributed by atoms with van der Waals surface area (Å²) in [5.74, 6) is -1.69. The van der Waals surface area contributed by atoms with Crippen LogP contribution in [0.4, 0.5) is 16.2 Å². The number of fused-ring (bicyclic) bond motifs is 2. The number of carbonyl (C=O) groups is 5. The van der Waals surface area contributed by atoms with Crippen LogP contribution in [0, 0.1) is 18.2 Å². The van der Waals surface area contributed by atoms with Crippen LogP contribution in [0.5, 0.6) is 5.75 Å². The third kappa shape index (κ3) is 14.7. The van der Waals surface area contributed by atoms with Gasteiger partial charge < -0.3 is 55.2 Å². The molecule has 2 aromatic heterocycles. The molecule has 2 fully saturated rings. The minimum atomic E-state index is -1.01. The van der Waals surface area contributed by atoms with E-state index in [0.717, 1.165) is 21.7 Å². The van der Waals surface area contributed by atoms with Gasteiger partial charge in [-0.1, -0.05) is 80.9 Å². The second-order valence-corrected chi connectivity index (χ2v) is 23.1. The number of aliphatic hydroxyl groups is 1. The molecule has 6 aromatic rings. The predicted octanol–water partition coefficient (Wildman–Crippen LogP) is 7.49. The number of nitrogens with one attached hydrogen (secondary N) is 3. The number of thiazole rings is 1. The van der Waals surface area contributed by atoms with E-state index in [1.54, 1.807) is 48.0 Å². The minimum absolute atomic E-state index is 0.00914. The molecule has 0 unspecified atom stereocenters. The van der Waals surface area contributed by atoms with Crippen LogP contribution >= 0.6 is 22.9 Å². The second kappa shape index (κ2) is 26.7. The van der Waals surface area contributed by atoms with Gasteiger partial charge in [-0.3, -0.25) is 24.0 Å². The van der Waals surface area contributed by atoms with E-state index in [1.807, 2.05) is 88.0 Å². The number of halogens is 2. The molecule has 2 aliphatic rings. The van der Waals surface area contributed by atoms with Crippen LogP contribution in [0.25, 0.3) is 43.2 Å². The number of ether oxygens (including phenoxy) is 2. The minimum Gasteiger partial charge on any atom is -0.508 e. The van der Waals surface area contributed by atoms with Gasteiger partial charge in [-0.25, -0.2) is 14.4 Å². The molecule has 19 nitrogen and oxygen atoms in total. The lowest BCUT2D eigenvalue weighted by molar-refractivity contribution is -0.144. The molecule has 0 spiro atoms. The van der Waals surface area contributed by atoms with Gasteiger partial charge in [0.1, 0.15) is 35.8 Å². The number of rotatable bonds is 22. The Hall–Kier alpha value is -7.04. The van der Waals surface area contributed by atoms with Gasteiger partial charge in [0.05, 0.1) is 46.5 Å². The third-order valence-corrected chi connectivity index (χ3v) is 15.9. The molecule has 8 rings (SSSR count). The van der Waals surface area contributed by atoms with Crippen molar-refractivity contribution in [1.29, 1.82) is 0 Å². The maximum Gasteiger partial charge on any atom is 0.246 e. The highest BCUT2D eigenvalue weighted by Crippen LogP contribution is 2.42. The quantitative estimate of drug-likeness (QED) is 0.0415. The van der Waals surface area contributed by atoms with E-state index >= 15 is 4.39 Å². The number of carbonyl (C=O) groups excluding carboxylic acids is 5. The lowest BCUT2D eigenvalue weighted by Gasteiger charge is -2.36. The summed E-state index contributed by atoms with van der Waals surface area (Å²) in [6, 6.07) is 17.6. The summed E-state index contributed by atoms with van der Waals surface area (Å²) in [5.41, 5.74) is 4.42. The summed E-state index contributed by atoms with van der Waals surface area (Å²) < 4.78 is 28.3. The molecule has 4 atom stereocenters. The van der Waals surface area contributed by atoms with Crippen molar-refractivity contribution in [3.05, 3.63) is 94.3 Å². The smallest absolute Gasteiger partial charge is 0.246 e. The first-order valence-corrected chi connectivity index (χ1v) is 28.6. The number of aliphatic hydroxyl groups excluding tert-OH is 1. The van der Waals surface area contributed by atoms with Crippen molar-refractivity contribution in [2.24, 2.45) is 5.41 Å². The lowest BCUT2D eigenvalue weighted by Crippen LogP contribution is -2.58. The average molecular weight is 1150 g/mol. The third-order valence-electron chi connectivity index (χ3n) is 14.6. The van der Waals surface area contributed by atoms with E-state index in [0.29, 0.717) is 79.6 Å². The van der Waals surface area contributed by atoms with Gasteiger partial charge in [0.25, 0.3) is 0 Å². The van der Waals surface area contributed by atoms with E-state index in [-0.39, 0.29) is 91.4 Å². The van der Waals surface area contributed by atoms with Gasteiger partial charge in [0, 0.05) is 90.2 Å². The zero-order valence-electron chi connectivity index (χ0n) is 46.9. The maximum atomic E-state index is 17.0. The summed E-state index contributed by atoms with van der Waals surface area (Å²) >= 11 is 8.47. The number of piperazine rings is 1. The standard InChI is InChI=1S/C59H72ClFN10O9S/c1-35(37-15-17-38(18-16-37)53-36(2)63-34-81-53)64-56(77)46-30-41(73)32-71(46)57(78)54(59(3,4)5)65-47(74)33-80-27-26-79-25-11-10-14-49(76)69-21-23-70(24-22-69)55-44-31-45(60)50(43-29-40(72)28-39-12-8-9-13-42(39)43)51(61)52(44)66-58(67-55)62-20-19-48(75)68(6)7/h8-9,12-13,15-18,28-29,31,34-35,41,46,54,72-73H,10-11,14,19-27,30,32-33H2,1-7H3,(H,64,77)(H,65,74)(H,62,66,67)/t35-,41+,46-,54+/m0/s1. The molecule has 4 heterocycles. The monoisotopic (exact) mass is 1150 g/mol. The Labute approximate surface area is 480 Å². The molecule has 0 radical (unpaired) electrons. The number of benzene rings is 4. The fourth-order valence-electron chi connectivity index (χ4n) is 10.2. The predicted molar refractivity (Wildman–Crippen MR) is 312 cm³/mol. The fraction of sp³-hybridized carbons (Fsp3) is 0.458. The maximum absolute atomic E-state index is 17.0. The van der Waals surface area contributed by atoms with E-state index in [9.17, 15) is 34.2 Å². The highest BCUT2D eigenvalue weighted by molar-refractivity contribution is 7.13. The number of unbranched alkanes of at least 4 members (excludes halogenated alkanes) is 1. The van der Waals surface area contributed by atoms with Crippen molar-refractivity contribution in [2.45, 2.75) is 91.0 Å². The van der Waals surface area contributed by atoms with Crippen LogP contribution in [-0.4, -0.2) is 167 Å². The molecule has 2 aliphatic heterocycles. The average Bonchev–Trinajstić information content (AvgIpc) is 4.21. The summed E-state index contributed by atoms with van der Waals surface area (Å²) in [6.07, 6.45) is 0.817. The summed E-state index contributed by atoms with van der Waals surface area (Å²) in [4.78, 5) is 88.1. The zero-order valence-corrected chi connectivity index (χ0v) is 48.5. The molecule has 4 aromatic carbocycles. The van der Waals surface area contributed by atoms with Crippen molar-refractivity contribution in [2.75, 3.05) is 90.0 Å². The first-order valence-electron chi connectivity index (χ1n) is 27.3. The number of hydrogen-bond acceptors (Lipinski definition) is 15. The van der Waals surface area contributed by atoms with Gasteiger partial charge in [0.2, 0.25) is 35.5 Å². The number of amides is 5. The molecule has 0 bridgehead atoms. The van der Waals surface area contributed by atoms with E-state index in [1.165, 1.54) is 15.9 Å². The van der Waals surface area contributed by atoms with Gasteiger partial charge in [0.15, 0.2) is 5.82 Å². The Morgan fingerprint density at radius 2 is 1.64 bits per heavy atom. The highest BCUT2D eigenvalue weighted by Gasteiger charge is 2.45. The molecule has 0 saturated carbocycles. The van der Waals surface area contributed by atoms with Crippen LogP contribution in [0.2, 0.25) is 5.02 Å². The van der Waals surface area contributed by atoms with Crippen LogP contribution < -0.4 is 20.9 Å². The molecule has 0 aliphatic carbocycles. The van der Waals surface area contributed by atoms with E-state index in [4.69, 9.17) is 26.1 Å². The molecule has 5 amide bonds. The topological polar surface area (TPSA) is 232 Å². The van der Waals surface area contributed by atoms with Crippen molar-refractivity contribution < 1.29 is 48.0 Å². The van der Waals surface area contributed by atoms with Crippen molar-refractivity contribution >= 4 is 85.9 Å². The SMILES string of the molecule is Cc1ncsc1-c1ccc([C@H](C)NC(=O)[C@@H]2C[C@@H](O)CN2C(=O)[C@@H](NC(=O)COCCOCCCCC(=O)N2CCN(c3nc(NCCC(=O)N(C)C)nc4c(F)c(-c5cc(O)cc6ccccc56)c(Cl)cc34)CC2)C(C)(C)C)cc1. The molecular formula is C59H72ClFN10O9S. The summed E-state index contributed by atoms with van der Waals surface area (Å²) in [6.45, 7) is 11.4. The Morgan fingerprint density at radius 3 is 2.35 bits per heavy atom. The fourth-order valence-corrected chi connectivity index (χ4v) is 11.3. The highest BCUT2D eigenvalue weighted by atomic mass is 35.5. The molecule has 22 heteroatoms. The second-order valence-electron chi connectivity index (χ2n) is 21.9. The summed E-state index contributed by atoms with van der Waals surface area (Å²) in [5, 5.41) is 32.1. The number of aromatic nitrogens is 3. The van der Waals surface area contributed by atoms with Crippen molar-refractivity contribution in [3.63, 3.8) is 0 Å². The number of β-amino-alcohol motifs (C(OH)–C–C–N with tert-alkyl or cyclic N) is 1. The summed E-state index contributed by atoms with van der Waals surface area (Å²) in [7, 11) is 3.33. The first kappa shape index (κ1) is 60.1. The number of phenols is 1. The molecule has 2 saturated heterocycles. The Morgan fingerprint density at radius 1 is 0.914 bits per heavy atom. The van der Waals surface area contributed by atoms with Crippen LogP contribution in [0.15, 0.2) is 72.2 Å². The Balaban J connectivity index is 0.774. The number of nitrogens with zero attached hydrogens (tertiary/aromatic N) is 7. The molecule has 5 N–H and O–H groups in total. The number of phenolic OH excluding ortho intramolecular Hbond substituents is 1. The van der Waals surface area contributed by atoms with Crippen molar-refractivity contribution in [3.8, 4) is 27.3 Å². The van der Waals surface area contributed by atoms with E-state index < -0.39 is 47.1 Å². The number of aromatic hydroxyl groups is 1. The molecular weight excluding hydrogens is 1080 g/mol. The van der Waals surface area contributed by atoms with Crippen LogP contribution in [0.3, 0.4) is 0 Å². The number of likely N-dealkylation sites (tertiary alicyclic amines) is 1. The van der Waals surface area contributed by atoms with Crippen LogP contribution in [0.1, 0.15) is 77.1 Å². The Bertz CT molecular complexity index is 3240. The van der Waals surface area contributed by atoms with Gasteiger partial charge in [-0.2, -0.15) is 4.98 Å². The van der Waals surface area contributed by atoms with E-state index in [2.05, 4.69) is 25.9 Å². The largest absolute Gasteiger partial charge is 0.508 e. The number of aryl methyl sites for hydroxylation is 1. The normalized spacial score (nSPS) is 16.4. The van der Waals surface area contributed by atoms with Crippen molar-refractivity contribution in [1.82, 2.24) is 40.3 Å². The molecule has 432 valence electrons. The van der Waals surface area contributed by atoms with Gasteiger partial charge >= 0.3 is 0 Å². The van der Waals surface area contributed by atoms with Crippen LogP contribution in [-0.2, 0) is 33.4 Å². The van der Waals surface area contributed by atoms with Gasteiger partial charge in [-0.05, 0) is 77.8 Å². The lowest BCUT2D eigenvalue weighted by atomic mass is 9.85. The number of anilines is 2.